The maximum Gasteiger partial charge on any atom is 0.315 e. The van der Waals surface area contributed by atoms with Gasteiger partial charge in [0.2, 0.25) is 0 Å². The van der Waals surface area contributed by atoms with Gasteiger partial charge >= 0.3 is 5.97 Å². The van der Waals surface area contributed by atoms with Gasteiger partial charge in [0.15, 0.2) is 0 Å². The lowest BCUT2D eigenvalue weighted by atomic mass is 9.81. The van der Waals surface area contributed by atoms with E-state index < -0.39 is 17.3 Å². The van der Waals surface area contributed by atoms with Gasteiger partial charge in [-0.1, -0.05) is 0 Å². The second-order valence-corrected chi connectivity index (χ2v) is 3.90. The van der Waals surface area contributed by atoms with Crippen LogP contribution >= 0.6 is 0 Å². The van der Waals surface area contributed by atoms with Gasteiger partial charge in [-0.25, -0.2) is 8.78 Å². The largest absolute Gasteiger partial charge is 0.481 e. The first-order chi connectivity index (χ1) is 5.48. The van der Waals surface area contributed by atoms with E-state index in [-0.39, 0.29) is 25.2 Å². The molecule has 2 unspecified atom stereocenters. The minimum atomic E-state index is -2.97. The average molecular weight is 176 g/mol. The van der Waals surface area contributed by atoms with Crippen molar-refractivity contribution in [3.8, 4) is 0 Å². The molecule has 0 aromatic rings. The van der Waals surface area contributed by atoms with Gasteiger partial charge in [-0.15, -0.1) is 0 Å². The van der Waals surface area contributed by atoms with Gasteiger partial charge in [0.05, 0.1) is 0 Å². The molecule has 12 heavy (non-hydrogen) atoms. The molecule has 0 spiro atoms. The van der Waals surface area contributed by atoms with Crippen molar-refractivity contribution in [1.29, 1.82) is 0 Å². The predicted octanol–water partition coefficient (Wildman–Crippen LogP) is 1.90. The molecule has 2 aliphatic carbocycles. The fourth-order valence-electron chi connectivity index (χ4n) is 2.56. The number of fused-ring (bicyclic) bond motifs is 2. The summed E-state index contributed by atoms with van der Waals surface area (Å²) in [7, 11) is 0. The van der Waals surface area contributed by atoms with Crippen LogP contribution in [-0.2, 0) is 4.79 Å². The molecule has 0 amide bonds. The van der Waals surface area contributed by atoms with E-state index in [1.807, 2.05) is 0 Å². The summed E-state index contributed by atoms with van der Waals surface area (Å²) in [5, 5.41) is 8.75. The Morgan fingerprint density at radius 3 is 2.33 bits per heavy atom. The monoisotopic (exact) mass is 176 g/mol. The van der Waals surface area contributed by atoms with Crippen molar-refractivity contribution in [3.63, 3.8) is 0 Å². The highest BCUT2D eigenvalue weighted by Gasteiger charge is 2.68. The Balaban J connectivity index is 2.39. The SMILES string of the molecule is O=C(O)C12CCC(CC1(F)F)C2. The molecule has 0 aromatic carbocycles. The molecule has 2 aliphatic rings. The van der Waals surface area contributed by atoms with Crippen molar-refractivity contribution in [2.75, 3.05) is 0 Å². The summed E-state index contributed by atoms with van der Waals surface area (Å²) in [6.07, 6.45) is 0.760. The Morgan fingerprint density at radius 2 is 2.08 bits per heavy atom. The number of carboxylic acids is 1. The van der Waals surface area contributed by atoms with Gasteiger partial charge in [-0.2, -0.15) is 0 Å². The second kappa shape index (κ2) is 1.98. The Labute approximate surface area is 68.6 Å². The standard InChI is InChI=1S/C8H10F2O2/c9-8(10)4-5-1-2-7(8,3-5)6(11)12/h5H,1-4H2,(H,11,12). The highest BCUT2D eigenvalue weighted by Crippen LogP contribution is 2.62. The lowest BCUT2D eigenvalue weighted by Crippen LogP contribution is -2.43. The number of alkyl halides is 2. The number of hydrogen-bond donors (Lipinski definition) is 1. The van der Waals surface area contributed by atoms with E-state index in [2.05, 4.69) is 0 Å². The zero-order chi connectivity index (χ0) is 8.98. The van der Waals surface area contributed by atoms with Crippen molar-refractivity contribution in [3.05, 3.63) is 0 Å². The molecule has 68 valence electrons. The van der Waals surface area contributed by atoms with Crippen molar-refractivity contribution in [1.82, 2.24) is 0 Å². The molecular formula is C8H10F2O2. The smallest absolute Gasteiger partial charge is 0.315 e. The zero-order valence-electron chi connectivity index (χ0n) is 6.52. The van der Waals surface area contributed by atoms with Crippen LogP contribution in [-0.4, -0.2) is 17.0 Å². The highest BCUT2D eigenvalue weighted by molar-refractivity contribution is 5.77. The summed E-state index contributed by atoms with van der Waals surface area (Å²) < 4.78 is 26.3. The van der Waals surface area contributed by atoms with Gasteiger partial charge in [0.1, 0.15) is 5.41 Å². The molecule has 0 aromatic heterocycles. The van der Waals surface area contributed by atoms with Gasteiger partial charge in [-0.3, -0.25) is 4.79 Å². The van der Waals surface area contributed by atoms with Crippen molar-refractivity contribution >= 4 is 5.97 Å². The maximum absolute atomic E-state index is 13.2. The molecule has 4 heteroatoms. The molecule has 2 atom stereocenters. The first kappa shape index (κ1) is 7.95. The summed E-state index contributed by atoms with van der Waals surface area (Å²) in [5.74, 6) is -4.34. The maximum atomic E-state index is 13.2. The lowest BCUT2D eigenvalue weighted by molar-refractivity contribution is -0.174. The Morgan fingerprint density at radius 1 is 1.42 bits per heavy atom. The van der Waals surface area contributed by atoms with E-state index >= 15 is 0 Å². The molecule has 2 nitrogen and oxygen atoms in total. The molecule has 2 bridgehead atoms. The summed E-state index contributed by atoms with van der Waals surface area (Å²) in [6.45, 7) is 0. The highest BCUT2D eigenvalue weighted by atomic mass is 19.3. The van der Waals surface area contributed by atoms with Crippen LogP contribution in [0, 0.1) is 11.3 Å². The summed E-state index contributed by atoms with van der Waals surface area (Å²) >= 11 is 0. The summed E-state index contributed by atoms with van der Waals surface area (Å²) in [4.78, 5) is 10.7. The Hall–Kier alpha value is -0.670. The molecule has 2 fully saturated rings. The van der Waals surface area contributed by atoms with Crippen molar-refractivity contribution in [2.24, 2.45) is 11.3 Å². The van der Waals surface area contributed by atoms with Gasteiger partial charge in [-0.05, 0) is 25.2 Å². The number of rotatable bonds is 1. The van der Waals surface area contributed by atoms with E-state index in [4.69, 9.17) is 5.11 Å². The first-order valence-corrected chi connectivity index (χ1v) is 4.09. The first-order valence-electron chi connectivity index (χ1n) is 4.09. The van der Waals surface area contributed by atoms with Crippen LogP contribution in [0.15, 0.2) is 0 Å². The van der Waals surface area contributed by atoms with E-state index in [0.29, 0.717) is 6.42 Å². The lowest BCUT2D eigenvalue weighted by Gasteiger charge is -2.30. The number of carboxylic acid groups (broad SMARTS) is 1. The van der Waals surface area contributed by atoms with Crippen molar-refractivity contribution in [2.45, 2.75) is 31.6 Å². The molecule has 0 saturated heterocycles. The molecule has 2 saturated carbocycles. The third kappa shape index (κ3) is 0.704. The molecular weight excluding hydrogens is 166 g/mol. The quantitative estimate of drug-likeness (QED) is 0.662. The number of hydrogen-bond acceptors (Lipinski definition) is 1. The van der Waals surface area contributed by atoms with E-state index in [1.54, 1.807) is 0 Å². The fraction of sp³-hybridized carbons (Fsp3) is 0.875. The fourth-order valence-corrected chi connectivity index (χ4v) is 2.56. The minimum Gasteiger partial charge on any atom is -0.481 e. The van der Waals surface area contributed by atoms with Crippen LogP contribution in [0.1, 0.15) is 25.7 Å². The normalized spacial score (nSPS) is 43.3. The zero-order valence-corrected chi connectivity index (χ0v) is 6.52. The molecule has 0 aliphatic heterocycles. The third-order valence-corrected chi connectivity index (χ3v) is 3.27. The number of halogens is 2. The average Bonchev–Trinajstić information content (AvgIpc) is 2.40. The van der Waals surface area contributed by atoms with Crippen LogP contribution in [0.3, 0.4) is 0 Å². The number of carbonyl (C=O) groups is 1. The molecule has 0 radical (unpaired) electrons. The van der Waals surface area contributed by atoms with Crippen LogP contribution in [0.25, 0.3) is 0 Å². The number of aliphatic carboxylic acids is 1. The topological polar surface area (TPSA) is 37.3 Å². The van der Waals surface area contributed by atoms with Crippen LogP contribution in [0.4, 0.5) is 8.78 Å². The minimum absolute atomic E-state index is 0.0592. The van der Waals surface area contributed by atoms with Gasteiger partial charge in [0, 0.05) is 6.42 Å². The van der Waals surface area contributed by atoms with Crippen LogP contribution in [0.2, 0.25) is 0 Å². The van der Waals surface area contributed by atoms with Crippen LogP contribution < -0.4 is 0 Å². The Bertz CT molecular complexity index is 239. The van der Waals surface area contributed by atoms with Gasteiger partial charge < -0.3 is 5.11 Å². The second-order valence-electron chi connectivity index (χ2n) is 3.90. The van der Waals surface area contributed by atoms with E-state index in [1.165, 1.54) is 0 Å². The third-order valence-electron chi connectivity index (χ3n) is 3.27. The van der Waals surface area contributed by atoms with E-state index in [0.717, 1.165) is 0 Å². The molecule has 1 N–H and O–H groups in total. The Kier molecular flexibility index (Phi) is 1.31. The van der Waals surface area contributed by atoms with Gasteiger partial charge in [0.25, 0.3) is 5.92 Å². The summed E-state index contributed by atoms with van der Waals surface area (Å²) in [5.41, 5.74) is -1.71. The molecule has 0 heterocycles. The van der Waals surface area contributed by atoms with Crippen molar-refractivity contribution < 1.29 is 18.7 Å². The van der Waals surface area contributed by atoms with E-state index in [9.17, 15) is 13.6 Å². The van der Waals surface area contributed by atoms with Crippen LogP contribution in [0.5, 0.6) is 0 Å². The summed E-state index contributed by atoms with van der Waals surface area (Å²) in [6, 6.07) is 0. The predicted molar refractivity (Wildman–Crippen MR) is 37.0 cm³/mol. The molecule has 2 rings (SSSR count).